The molecule has 0 bridgehead atoms. The predicted molar refractivity (Wildman–Crippen MR) is 151 cm³/mol. The Bertz CT molecular complexity index is 1760. The molecule has 0 aromatic heterocycles. The number of hydrogen-bond acceptors (Lipinski definition) is 9. The quantitative estimate of drug-likeness (QED) is 0.233. The third kappa shape index (κ3) is 3.80. The number of methoxy groups -OCH3 is 1. The Hall–Kier alpha value is -5.61. The Kier molecular flexibility index (Phi) is 6.93. The van der Waals surface area contributed by atoms with Gasteiger partial charge in [0.15, 0.2) is 5.60 Å². The maximum atomic E-state index is 14.4. The van der Waals surface area contributed by atoms with Gasteiger partial charge in [0.1, 0.15) is 17.4 Å². The van der Waals surface area contributed by atoms with Crippen molar-refractivity contribution in [3.63, 3.8) is 0 Å². The van der Waals surface area contributed by atoms with Gasteiger partial charge in [-0.05, 0) is 54.8 Å². The lowest BCUT2D eigenvalue weighted by atomic mass is 9.62. The van der Waals surface area contributed by atoms with Gasteiger partial charge in [-0.15, -0.1) is 0 Å². The Morgan fingerprint density at radius 1 is 1.12 bits per heavy atom. The van der Waals surface area contributed by atoms with E-state index >= 15 is 0 Å². The normalized spacial score (nSPS) is 22.5. The Morgan fingerprint density at radius 2 is 1.83 bits per heavy atom. The van der Waals surface area contributed by atoms with E-state index in [0.29, 0.717) is 28.0 Å². The van der Waals surface area contributed by atoms with Crippen LogP contribution in [-0.4, -0.2) is 24.6 Å². The number of nitrogens with zero attached hydrogens (tertiary/aromatic N) is 3. The highest BCUT2D eigenvalue weighted by Crippen LogP contribution is 2.71. The molecule has 2 aliphatic rings. The van der Waals surface area contributed by atoms with Crippen molar-refractivity contribution in [1.82, 2.24) is 0 Å². The van der Waals surface area contributed by atoms with Gasteiger partial charge in [0.25, 0.3) is 5.69 Å². The van der Waals surface area contributed by atoms with Crippen LogP contribution in [0.1, 0.15) is 35.1 Å². The summed E-state index contributed by atoms with van der Waals surface area (Å²) in [5.74, 6) is -1.76. The fourth-order valence-corrected chi connectivity index (χ4v) is 6.15. The number of nitro benzene ring substituents is 1. The molecule has 3 atom stereocenters. The molecule has 1 heterocycles. The molecule has 0 saturated carbocycles. The number of non-ortho nitro benzene ring substituents is 1. The molecule has 3 aromatic carbocycles. The van der Waals surface area contributed by atoms with Crippen LogP contribution < -0.4 is 10.5 Å². The third-order valence-corrected chi connectivity index (χ3v) is 7.78. The zero-order valence-corrected chi connectivity index (χ0v) is 23.1. The van der Waals surface area contributed by atoms with Crippen LogP contribution >= 0.6 is 0 Å². The lowest BCUT2D eigenvalue weighted by Gasteiger charge is -2.41. The average Bonchev–Trinajstić information content (AvgIpc) is 3.43. The second kappa shape index (κ2) is 10.4. The highest BCUT2D eigenvalue weighted by molar-refractivity contribution is 5.98. The minimum atomic E-state index is -2.14. The molecule has 0 unspecified atom stereocenters. The number of carbonyl (C=O) groups is 1. The summed E-state index contributed by atoms with van der Waals surface area (Å²) in [5.41, 5.74) is 4.91. The van der Waals surface area contributed by atoms with Gasteiger partial charge >= 0.3 is 5.97 Å². The number of nitriles is 2. The van der Waals surface area contributed by atoms with E-state index in [0.717, 1.165) is 5.56 Å². The molecule has 0 fully saturated rings. The van der Waals surface area contributed by atoms with Crippen molar-refractivity contribution in [2.45, 2.75) is 25.4 Å². The fourth-order valence-electron chi connectivity index (χ4n) is 6.15. The van der Waals surface area contributed by atoms with E-state index in [2.05, 4.69) is 12.1 Å². The molecule has 1 aliphatic heterocycles. The monoisotopic (exact) mass is 562 g/mol. The molecule has 210 valence electrons. The third-order valence-electron chi connectivity index (χ3n) is 7.78. The van der Waals surface area contributed by atoms with E-state index in [1.54, 1.807) is 43.3 Å². The summed E-state index contributed by atoms with van der Waals surface area (Å²) < 4.78 is 17.5. The number of carbonyl (C=O) groups excluding carboxylic acids is 1. The van der Waals surface area contributed by atoms with Crippen LogP contribution in [0.25, 0.3) is 5.57 Å². The molecule has 0 spiro atoms. The molecule has 0 amide bonds. The van der Waals surface area contributed by atoms with Crippen molar-refractivity contribution in [3.8, 4) is 17.9 Å². The van der Waals surface area contributed by atoms with Gasteiger partial charge in [0, 0.05) is 29.2 Å². The van der Waals surface area contributed by atoms with Crippen LogP contribution in [0.4, 0.5) is 5.69 Å². The molecule has 5 rings (SSSR count). The van der Waals surface area contributed by atoms with E-state index in [9.17, 15) is 25.4 Å². The maximum Gasteiger partial charge on any atom is 0.332 e. The molecule has 0 radical (unpaired) electrons. The first-order valence-electron chi connectivity index (χ1n) is 13.1. The maximum absolute atomic E-state index is 14.4. The lowest BCUT2D eigenvalue weighted by Crippen LogP contribution is -2.52. The van der Waals surface area contributed by atoms with Crippen molar-refractivity contribution < 1.29 is 23.9 Å². The zero-order chi connectivity index (χ0) is 30.2. The van der Waals surface area contributed by atoms with Gasteiger partial charge in [0.05, 0.1) is 24.7 Å². The fraction of sp³-hybridized carbons (Fsp3) is 0.219. The molecule has 10 nitrogen and oxygen atoms in total. The van der Waals surface area contributed by atoms with Crippen LogP contribution in [-0.2, 0) is 19.9 Å². The summed E-state index contributed by atoms with van der Waals surface area (Å²) in [6.07, 6.45) is 0. The molecular weight excluding hydrogens is 536 g/mol. The van der Waals surface area contributed by atoms with Gasteiger partial charge in [-0.1, -0.05) is 42.0 Å². The number of hydrogen-bond donors (Lipinski definition) is 1. The zero-order valence-electron chi connectivity index (χ0n) is 23.1. The largest absolute Gasteiger partial charge is 0.497 e. The summed E-state index contributed by atoms with van der Waals surface area (Å²) in [5, 5.41) is 33.1. The molecule has 3 aromatic rings. The minimum Gasteiger partial charge on any atom is -0.497 e. The van der Waals surface area contributed by atoms with Gasteiger partial charge < -0.3 is 19.9 Å². The molecule has 10 heteroatoms. The van der Waals surface area contributed by atoms with Gasteiger partial charge in [-0.2, -0.15) is 10.5 Å². The number of rotatable bonds is 7. The molecular formula is C32H26N4O6. The van der Waals surface area contributed by atoms with Crippen molar-refractivity contribution in [3.05, 3.63) is 122 Å². The number of nitrogens with two attached hydrogens (primary N) is 1. The van der Waals surface area contributed by atoms with Crippen molar-refractivity contribution in [2.24, 2.45) is 11.1 Å². The highest BCUT2D eigenvalue weighted by atomic mass is 16.6. The van der Waals surface area contributed by atoms with Crippen LogP contribution in [0.3, 0.4) is 0 Å². The van der Waals surface area contributed by atoms with Crippen molar-refractivity contribution in [1.29, 1.82) is 10.5 Å². The average molecular weight is 563 g/mol. The van der Waals surface area contributed by atoms with Crippen LogP contribution in [0.15, 0.2) is 89.8 Å². The van der Waals surface area contributed by atoms with Gasteiger partial charge in [-0.3, -0.25) is 14.9 Å². The Labute approximate surface area is 242 Å². The SMILES string of the molecule is CCOC(=O)[C@]1(C#N)[C@@H](c2cccc(C)c2)C(c2ccc([N+](=O)[O-])cc2)=C2C(C#N)=C(N)O[C@]21c1cccc(OC)c1. The number of ether oxygens (including phenoxy) is 3. The van der Waals surface area contributed by atoms with Crippen molar-refractivity contribution >= 4 is 17.2 Å². The molecule has 0 saturated heterocycles. The Morgan fingerprint density at radius 3 is 2.43 bits per heavy atom. The van der Waals surface area contributed by atoms with Crippen LogP contribution in [0, 0.1) is 45.1 Å². The minimum absolute atomic E-state index is 0.0345. The van der Waals surface area contributed by atoms with Gasteiger partial charge in [0.2, 0.25) is 11.3 Å². The first-order chi connectivity index (χ1) is 20.2. The number of nitro groups is 1. The molecule has 1 aliphatic carbocycles. The van der Waals surface area contributed by atoms with Crippen LogP contribution in [0.2, 0.25) is 0 Å². The van der Waals surface area contributed by atoms with E-state index in [1.807, 2.05) is 19.1 Å². The standard InChI is InChI=1S/C32H26N4O6/c1-4-41-30(37)31(18-34)27(21-8-5-7-19(2)15-21)26(20-11-13-23(14-12-20)36(38)39)28-25(17-33)29(35)42-32(28,31)22-9-6-10-24(16-22)40-3/h5-16,27H,4,35H2,1-3H3/t27-,31-,32+/m0/s1. The van der Waals surface area contributed by atoms with E-state index in [1.165, 1.54) is 31.4 Å². The van der Waals surface area contributed by atoms with Crippen LogP contribution in [0.5, 0.6) is 5.75 Å². The highest BCUT2D eigenvalue weighted by Gasteiger charge is 2.76. The number of esters is 1. The number of fused-ring (bicyclic) bond motifs is 1. The predicted octanol–water partition coefficient (Wildman–Crippen LogP) is 5.16. The van der Waals surface area contributed by atoms with E-state index in [4.69, 9.17) is 19.9 Å². The summed E-state index contributed by atoms with van der Waals surface area (Å²) in [7, 11) is 1.48. The summed E-state index contributed by atoms with van der Waals surface area (Å²) >= 11 is 0. The summed E-state index contributed by atoms with van der Waals surface area (Å²) in [6, 6.07) is 24.1. The lowest BCUT2D eigenvalue weighted by molar-refractivity contribution is -0.384. The number of aryl methyl sites for hydroxylation is 1. The van der Waals surface area contributed by atoms with Gasteiger partial charge in [-0.25, -0.2) is 0 Å². The second-order valence-corrected chi connectivity index (χ2v) is 9.95. The number of allylic oxidation sites excluding steroid dienone is 1. The first kappa shape index (κ1) is 27.9. The summed E-state index contributed by atoms with van der Waals surface area (Å²) in [4.78, 5) is 25.3. The topological polar surface area (TPSA) is 162 Å². The van der Waals surface area contributed by atoms with Crippen molar-refractivity contribution in [2.75, 3.05) is 13.7 Å². The summed E-state index contributed by atoms with van der Waals surface area (Å²) in [6.45, 7) is 3.47. The smallest absolute Gasteiger partial charge is 0.332 e. The van der Waals surface area contributed by atoms with E-state index in [-0.39, 0.29) is 29.3 Å². The molecule has 42 heavy (non-hydrogen) atoms. The molecule has 2 N–H and O–H groups in total. The van der Waals surface area contributed by atoms with E-state index < -0.39 is 27.8 Å². The first-order valence-corrected chi connectivity index (χ1v) is 13.1. The Balaban J connectivity index is 2.01. The number of benzene rings is 3. The second-order valence-electron chi connectivity index (χ2n) is 9.95.